The van der Waals surface area contributed by atoms with Crippen molar-refractivity contribution in [3.63, 3.8) is 0 Å². The Labute approximate surface area is 334 Å². The number of hydrogen-bond acceptors (Lipinski definition) is 8. The lowest BCUT2D eigenvalue weighted by Crippen LogP contribution is -2.23. The van der Waals surface area contributed by atoms with Crippen molar-refractivity contribution in [2.45, 2.75) is 233 Å². The predicted octanol–water partition coefficient (Wildman–Crippen LogP) is 12.1. The quantitative estimate of drug-likeness (QED) is 0.0349. The molecule has 320 valence electrons. The van der Waals surface area contributed by atoms with Crippen LogP contribution in [-0.2, 0) is 38.2 Å². The van der Waals surface area contributed by atoms with Crippen LogP contribution in [0, 0.1) is 17.8 Å². The summed E-state index contributed by atoms with van der Waals surface area (Å²) in [5.74, 6) is -6.42. The lowest BCUT2D eigenvalue weighted by Gasteiger charge is -2.17. The van der Waals surface area contributed by atoms with Gasteiger partial charge >= 0.3 is 35.8 Å². The minimum Gasteiger partial charge on any atom is -0.481 e. The highest BCUT2D eigenvalue weighted by atomic mass is 16.6. The van der Waals surface area contributed by atoms with E-state index in [1.54, 1.807) is 0 Å². The Bertz CT molecular complexity index is 955. The molecule has 0 bridgehead atoms. The molecule has 0 aromatic carbocycles. The highest BCUT2D eigenvalue weighted by Gasteiger charge is 2.26. The van der Waals surface area contributed by atoms with Gasteiger partial charge in [0, 0.05) is 38.5 Å². The zero-order valence-corrected chi connectivity index (χ0v) is 35.2. The van der Waals surface area contributed by atoms with Crippen molar-refractivity contribution in [1.82, 2.24) is 0 Å². The van der Waals surface area contributed by atoms with Crippen LogP contribution in [-0.4, -0.2) is 46.0 Å². The van der Waals surface area contributed by atoms with Gasteiger partial charge in [0.15, 0.2) is 0 Å². The Hall–Kier alpha value is -2.78. The summed E-state index contributed by atoms with van der Waals surface area (Å²) in [5, 5.41) is 18.8. The molecule has 2 unspecified atom stereocenters. The van der Waals surface area contributed by atoms with E-state index in [0.29, 0.717) is 19.3 Å². The van der Waals surface area contributed by atoms with Gasteiger partial charge in [0.1, 0.15) is 0 Å². The van der Waals surface area contributed by atoms with Crippen LogP contribution in [0.15, 0.2) is 0 Å². The molecule has 0 aliphatic carbocycles. The second kappa shape index (κ2) is 36.8. The molecule has 0 aromatic heterocycles. The first-order valence-electron chi connectivity index (χ1n) is 22.4. The number of hydrogen-bond donors (Lipinski definition) is 2. The number of rotatable bonds is 39. The van der Waals surface area contributed by atoms with Crippen molar-refractivity contribution in [2.75, 3.05) is 0 Å². The zero-order chi connectivity index (χ0) is 40.9. The topological polar surface area (TPSA) is 161 Å². The lowest BCUT2D eigenvalue weighted by molar-refractivity contribution is -0.161. The molecule has 0 fully saturated rings. The number of carbonyl (C=O) groups is 6. The molecule has 0 aliphatic heterocycles. The van der Waals surface area contributed by atoms with Gasteiger partial charge in [-0.15, -0.1) is 0 Å². The van der Waals surface area contributed by atoms with Gasteiger partial charge in [0.05, 0.1) is 0 Å². The van der Waals surface area contributed by atoms with Crippen LogP contribution in [0.4, 0.5) is 0 Å². The van der Waals surface area contributed by atoms with Gasteiger partial charge < -0.3 is 19.7 Å². The lowest BCUT2D eigenvalue weighted by atomic mass is 9.93. The van der Waals surface area contributed by atoms with Gasteiger partial charge in [-0.2, -0.15) is 0 Å². The van der Waals surface area contributed by atoms with Crippen molar-refractivity contribution in [3.05, 3.63) is 0 Å². The van der Waals surface area contributed by atoms with Crippen molar-refractivity contribution < 1.29 is 48.5 Å². The highest BCUT2D eigenvalue weighted by molar-refractivity contribution is 5.88. The van der Waals surface area contributed by atoms with Gasteiger partial charge in [-0.1, -0.05) is 175 Å². The molecule has 2 atom stereocenters. The fourth-order valence-corrected chi connectivity index (χ4v) is 7.39. The summed E-state index contributed by atoms with van der Waals surface area (Å²) in [6, 6.07) is 0. The Morgan fingerprint density at radius 3 is 0.745 bits per heavy atom. The molecule has 10 nitrogen and oxygen atoms in total. The fourth-order valence-electron chi connectivity index (χ4n) is 7.39. The molecule has 0 rings (SSSR count). The summed E-state index contributed by atoms with van der Waals surface area (Å²) >= 11 is 0. The number of carboxylic acids is 2. The van der Waals surface area contributed by atoms with Gasteiger partial charge in [-0.25, -0.2) is 0 Å². The average molecular weight is 781 g/mol. The molecule has 0 radical (unpaired) electrons. The van der Waals surface area contributed by atoms with Crippen LogP contribution in [0.2, 0.25) is 0 Å². The third kappa shape index (κ3) is 35.4. The number of esters is 4. The molecule has 0 aliphatic rings. The van der Waals surface area contributed by atoms with E-state index in [0.717, 1.165) is 77.0 Å². The highest BCUT2D eigenvalue weighted by Crippen LogP contribution is 2.24. The second-order valence-electron chi connectivity index (χ2n) is 16.1. The smallest absolute Gasteiger partial charge is 0.313 e. The third-order valence-corrected chi connectivity index (χ3v) is 10.6. The van der Waals surface area contributed by atoms with Gasteiger partial charge in [0.2, 0.25) is 0 Å². The van der Waals surface area contributed by atoms with E-state index in [1.165, 1.54) is 77.0 Å². The fraction of sp³-hybridized carbons (Fsp3) is 0.867. The predicted molar refractivity (Wildman–Crippen MR) is 217 cm³/mol. The van der Waals surface area contributed by atoms with Crippen molar-refractivity contribution in [1.29, 1.82) is 0 Å². The first-order valence-corrected chi connectivity index (χ1v) is 22.4. The van der Waals surface area contributed by atoms with Crippen molar-refractivity contribution >= 4 is 35.8 Å². The van der Waals surface area contributed by atoms with Crippen molar-refractivity contribution in [3.8, 4) is 0 Å². The van der Waals surface area contributed by atoms with E-state index in [-0.39, 0.29) is 38.5 Å². The zero-order valence-electron chi connectivity index (χ0n) is 35.2. The minimum atomic E-state index is -0.996. The van der Waals surface area contributed by atoms with E-state index in [1.807, 2.05) is 0 Å². The number of aliphatic carboxylic acids is 2. The summed E-state index contributed by atoms with van der Waals surface area (Å²) < 4.78 is 10.3. The molecule has 55 heavy (non-hydrogen) atoms. The summed E-state index contributed by atoms with van der Waals surface area (Å²) in [5.41, 5.74) is 0. The van der Waals surface area contributed by atoms with Crippen LogP contribution < -0.4 is 0 Å². The Kier molecular flexibility index (Phi) is 35.0. The maximum absolute atomic E-state index is 12.9. The summed E-state index contributed by atoms with van der Waals surface area (Å²) in [7, 11) is 0. The second-order valence-corrected chi connectivity index (χ2v) is 16.1. The normalized spacial score (nSPS) is 12.9. The molecule has 0 heterocycles. The number of unbranched alkanes of at least 4 members (excludes halogenated alkanes) is 21. The molecule has 0 aromatic rings. The Morgan fingerprint density at radius 2 is 0.527 bits per heavy atom. The first-order chi connectivity index (χ1) is 26.5. The van der Waals surface area contributed by atoms with E-state index < -0.39 is 53.6 Å². The minimum absolute atomic E-state index is 0.162. The van der Waals surface area contributed by atoms with Crippen LogP contribution in [0.25, 0.3) is 0 Å². The monoisotopic (exact) mass is 781 g/mol. The van der Waals surface area contributed by atoms with Gasteiger partial charge in [-0.05, 0) is 37.0 Å². The molecular formula is C45H80O10. The van der Waals surface area contributed by atoms with E-state index in [9.17, 15) is 39.0 Å². The van der Waals surface area contributed by atoms with Crippen LogP contribution >= 0.6 is 0 Å². The molecule has 2 N–H and O–H groups in total. The molecule has 0 saturated carbocycles. The SMILES string of the molecule is CCCCCCCCCCC(CC(=O)O)CC(=O)OC(=O)CC(CCCCCCCCCC)CC(=O)OC(=O)CC(CCCCCCCCCC)CC(=O)O. The first kappa shape index (κ1) is 52.2. The van der Waals surface area contributed by atoms with E-state index in [4.69, 9.17) is 9.47 Å². The van der Waals surface area contributed by atoms with Gasteiger partial charge in [-0.3, -0.25) is 28.8 Å². The summed E-state index contributed by atoms with van der Waals surface area (Å²) in [6.45, 7) is 6.54. The Morgan fingerprint density at radius 1 is 0.327 bits per heavy atom. The van der Waals surface area contributed by atoms with Crippen LogP contribution in [0.1, 0.15) is 233 Å². The molecular weight excluding hydrogens is 700 g/mol. The molecule has 0 amide bonds. The molecule has 10 heteroatoms. The molecule has 0 saturated heterocycles. The largest absolute Gasteiger partial charge is 0.481 e. The maximum atomic E-state index is 12.9. The van der Waals surface area contributed by atoms with Gasteiger partial charge in [0.25, 0.3) is 0 Å². The van der Waals surface area contributed by atoms with E-state index >= 15 is 0 Å². The maximum Gasteiger partial charge on any atom is 0.313 e. The van der Waals surface area contributed by atoms with Crippen LogP contribution in [0.3, 0.4) is 0 Å². The van der Waals surface area contributed by atoms with E-state index in [2.05, 4.69) is 20.8 Å². The average Bonchev–Trinajstić information content (AvgIpc) is 3.10. The summed E-state index contributed by atoms with van der Waals surface area (Å²) in [6.07, 6.45) is 26.9. The standard InChI is InChI=1S/C45H80O10/c1-4-7-10-13-16-19-22-25-28-37(31-40(46)47)33-42(50)54-44(52)35-39(30-27-24-21-18-15-12-9-6-3)36-45(53)55-43(51)34-38(32-41(48)49)29-26-23-20-17-14-11-8-5-2/h37-39H,4-36H2,1-3H3,(H,46,47)(H,48,49). The third-order valence-electron chi connectivity index (χ3n) is 10.6. The number of ether oxygens (including phenoxy) is 2. The number of carbonyl (C=O) groups excluding carboxylic acids is 4. The van der Waals surface area contributed by atoms with Crippen LogP contribution in [0.5, 0.6) is 0 Å². The Balaban J connectivity index is 5.12. The van der Waals surface area contributed by atoms with Crippen molar-refractivity contribution in [2.24, 2.45) is 17.8 Å². The molecule has 0 spiro atoms. The number of carboxylic acid groups (broad SMARTS) is 2. The summed E-state index contributed by atoms with van der Waals surface area (Å²) in [4.78, 5) is 74.4.